The highest BCUT2D eigenvalue weighted by Crippen LogP contribution is 2.22. The highest BCUT2D eigenvalue weighted by molar-refractivity contribution is 5.65. The first-order valence-electron chi connectivity index (χ1n) is 4.85. The van der Waals surface area contributed by atoms with Crippen LogP contribution < -0.4 is 0 Å². The van der Waals surface area contributed by atoms with Gasteiger partial charge in [-0.2, -0.15) is 0 Å². The van der Waals surface area contributed by atoms with E-state index in [-0.39, 0.29) is 0 Å². The van der Waals surface area contributed by atoms with Gasteiger partial charge in [-0.05, 0) is 0 Å². The van der Waals surface area contributed by atoms with Crippen LogP contribution in [0.25, 0.3) is 22.5 Å². The summed E-state index contributed by atoms with van der Waals surface area (Å²) in [6, 6.07) is 11.5. The minimum atomic E-state index is 0.826. The Morgan fingerprint density at radius 1 is 0.625 bits per heavy atom. The van der Waals surface area contributed by atoms with Crippen molar-refractivity contribution in [2.24, 2.45) is 0 Å². The zero-order valence-corrected chi connectivity index (χ0v) is 8.33. The van der Waals surface area contributed by atoms with Crippen molar-refractivity contribution in [2.45, 2.75) is 0 Å². The van der Waals surface area contributed by atoms with Crippen molar-refractivity contribution < 1.29 is 9.05 Å². The van der Waals surface area contributed by atoms with Crippen LogP contribution in [0.5, 0.6) is 0 Å². The van der Waals surface area contributed by atoms with Crippen LogP contribution in [-0.2, 0) is 0 Å². The molecule has 3 aromatic rings. The summed E-state index contributed by atoms with van der Waals surface area (Å²) in [7, 11) is 0. The van der Waals surface area contributed by atoms with Gasteiger partial charge in [-0.25, -0.2) is 0 Å². The zero-order chi connectivity index (χ0) is 10.8. The molecular formula is C12H8N2O2. The minimum Gasteiger partial charge on any atom is -0.364 e. The predicted octanol–water partition coefficient (Wildman–Crippen LogP) is 3.00. The van der Waals surface area contributed by atoms with E-state index in [1.54, 1.807) is 12.5 Å². The van der Waals surface area contributed by atoms with Crippen molar-refractivity contribution in [3.63, 3.8) is 0 Å². The van der Waals surface area contributed by atoms with Crippen LogP contribution in [0.1, 0.15) is 0 Å². The van der Waals surface area contributed by atoms with Gasteiger partial charge < -0.3 is 9.05 Å². The number of hydrogen-bond acceptors (Lipinski definition) is 4. The van der Waals surface area contributed by atoms with E-state index in [4.69, 9.17) is 9.05 Å². The SMILES string of the molecule is c1cc(-c2ccc(-c3ccon3)cc2)no1. The number of hydrogen-bond donors (Lipinski definition) is 0. The third kappa shape index (κ3) is 1.50. The van der Waals surface area contributed by atoms with Crippen molar-refractivity contribution in [1.82, 2.24) is 10.3 Å². The molecule has 4 heteroatoms. The predicted molar refractivity (Wildman–Crippen MR) is 57.4 cm³/mol. The van der Waals surface area contributed by atoms with E-state index < -0.39 is 0 Å². The summed E-state index contributed by atoms with van der Waals surface area (Å²) < 4.78 is 9.59. The molecule has 78 valence electrons. The van der Waals surface area contributed by atoms with Gasteiger partial charge in [-0.15, -0.1) is 0 Å². The van der Waals surface area contributed by atoms with Crippen LogP contribution in [0.15, 0.2) is 58.0 Å². The second kappa shape index (κ2) is 3.66. The number of nitrogens with zero attached hydrogens (tertiary/aromatic N) is 2. The van der Waals surface area contributed by atoms with Gasteiger partial charge in [0.1, 0.15) is 23.9 Å². The monoisotopic (exact) mass is 212 g/mol. The fourth-order valence-electron chi connectivity index (χ4n) is 1.53. The molecule has 0 bridgehead atoms. The summed E-state index contributed by atoms with van der Waals surface area (Å²) >= 11 is 0. The van der Waals surface area contributed by atoms with E-state index >= 15 is 0 Å². The van der Waals surface area contributed by atoms with E-state index in [0.717, 1.165) is 22.5 Å². The van der Waals surface area contributed by atoms with Crippen LogP contribution in [0.3, 0.4) is 0 Å². The van der Waals surface area contributed by atoms with E-state index in [9.17, 15) is 0 Å². The fraction of sp³-hybridized carbons (Fsp3) is 0. The van der Waals surface area contributed by atoms with E-state index in [1.165, 1.54) is 0 Å². The van der Waals surface area contributed by atoms with Crippen molar-refractivity contribution in [3.05, 3.63) is 48.9 Å². The smallest absolute Gasteiger partial charge is 0.124 e. The lowest BCUT2D eigenvalue weighted by Gasteiger charge is -1.97. The highest BCUT2D eigenvalue weighted by Gasteiger charge is 2.03. The molecule has 0 aliphatic carbocycles. The van der Waals surface area contributed by atoms with Crippen LogP contribution in [-0.4, -0.2) is 10.3 Å². The van der Waals surface area contributed by atoms with Crippen LogP contribution in [0, 0.1) is 0 Å². The first-order chi connectivity index (χ1) is 7.93. The second-order valence-corrected chi connectivity index (χ2v) is 3.35. The van der Waals surface area contributed by atoms with Crippen molar-refractivity contribution in [1.29, 1.82) is 0 Å². The van der Waals surface area contributed by atoms with Gasteiger partial charge in [-0.3, -0.25) is 0 Å². The largest absolute Gasteiger partial charge is 0.364 e. The molecule has 0 fully saturated rings. The quantitative estimate of drug-likeness (QED) is 0.655. The lowest BCUT2D eigenvalue weighted by atomic mass is 10.1. The van der Waals surface area contributed by atoms with Gasteiger partial charge in [-0.1, -0.05) is 34.6 Å². The molecule has 2 aromatic heterocycles. The van der Waals surface area contributed by atoms with Gasteiger partial charge in [0, 0.05) is 23.3 Å². The van der Waals surface area contributed by atoms with E-state index in [0.29, 0.717) is 0 Å². The molecule has 0 radical (unpaired) electrons. The summed E-state index contributed by atoms with van der Waals surface area (Å²) in [5, 5.41) is 7.74. The molecule has 0 atom stereocenters. The maximum Gasteiger partial charge on any atom is 0.124 e. The third-order valence-corrected chi connectivity index (χ3v) is 2.35. The highest BCUT2D eigenvalue weighted by atomic mass is 16.5. The van der Waals surface area contributed by atoms with Gasteiger partial charge >= 0.3 is 0 Å². The normalized spacial score (nSPS) is 10.5. The average molecular weight is 212 g/mol. The lowest BCUT2D eigenvalue weighted by molar-refractivity contribution is 0.422. The molecule has 0 amide bonds. The number of rotatable bonds is 2. The second-order valence-electron chi connectivity index (χ2n) is 3.35. The summed E-state index contributed by atoms with van der Waals surface area (Å²) in [6.07, 6.45) is 3.11. The lowest BCUT2D eigenvalue weighted by Crippen LogP contribution is -1.79. The Kier molecular flexibility index (Phi) is 2.04. The van der Waals surface area contributed by atoms with Crippen molar-refractivity contribution in [3.8, 4) is 22.5 Å². The Morgan fingerprint density at radius 3 is 1.38 bits per heavy atom. The van der Waals surface area contributed by atoms with E-state index in [1.807, 2.05) is 36.4 Å². The summed E-state index contributed by atoms with van der Waals surface area (Å²) in [4.78, 5) is 0. The van der Waals surface area contributed by atoms with E-state index in [2.05, 4.69) is 10.3 Å². The Balaban J connectivity index is 1.97. The molecule has 0 N–H and O–H groups in total. The fourth-order valence-corrected chi connectivity index (χ4v) is 1.53. The minimum absolute atomic E-state index is 0.826. The van der Waals surface area contributed by atoms with Crippen molar-refractivity contribution >= 4 is 0 Å². The summed E-state index contributed by atoms with van der Waals surface area (Å²) in [6.45, 7) is 0. The summed E-state index contributed by atoms with van der Waals surface area (Å²) in [5.41, 5.74) is 3.68. The first kappa shape index (κ1) is 8.91. The molecule has 0 aliphatic heterocycles. The zero-order valence-electron chi connectivity index (χ0n) is 8.33. The van der Waals surface area contributed by atoms with Crippen molar-refractivity contribution in [2.75, 3.05) is 0 Å². The molecule has 0 saturated carbocycles. The molecule has 0 saturated heterocycles. The molecule has 4 nitrogen and oxygen atoms in total. The molecular weight excluding hydrogens is 204 g/mol. The van der Waals surface area contributed by atoms with Gasteiger partial charge in [0.2, 0.25) is 0 Å². The van der Waals surface area contributed by atoms with Gasteiger partial charge in [0.15, 0.2) is 0 Å². The summed E-state index contributed by atoms with van der Waals surface area (Å²) in [5.74, 6) is 0. The van der Waals surface area contributed by atoms with Crippen LogP contribution in [0.4, 0.5) is 0 Å². The standard InChI is InChI=1S/C12H8N2O2/c1-2-10(12-6-8-16-14-12)4-3-9(1)11-5-7-15-13-11/h1-8H. The van der Waals surface area contributed by atoms with Crippen LogP contribution in [0.2, 0.25) is 0 Å². The third-order valence-electron chi connectivity index (χ3n) is 2.35. The molecule has 0 aliphatic rings. The molecule has 2 heterocycles. The maximum absolute atomic E-state index is 4.79. The molecule has 0 spiro atoms. The maximum atomic E-state index is 4.79. The van der Waals surface area contributed by atoms with Gasteiger partial charge in [0.25, 0.3) is 0 Å². The molecule has 16 heavy (non-hydrogen) atoms. The number of benzene rings is 1. The van der Waals surface area contributed by atoms with Crippen LogP contribution >= 0.6 is 0 Å². The Bertz CT molecular complexity index is 500. The number of aromatic nitrogens is 2. The Hall–Kier alpha value is -2.36. The molecule has 3 rings (SSSR count). The topological polar surface area (TPSA) is 52.1 Å². The molecule has 1 aromatic carbocycles. The Morgan fingerprint density at radius 2 is 1.06 bits per heavy atom. The molecule has 0 unspecified atom stereocenters. The Labute approximate surface area is 91.5 Å². The average Bonchev–Trinajstić information content (AvgIpc) is 3.03. The van der Waals surface area contributed by atoms with Gasteiger partial charge in [0.05, 0.1) is 0 Å². The first-order valence-corrected chi connectivity index (χ1v) is 4.85.